The molecule has 9 heteroatoms. The van der Waals surface area contributed by atoms with Crippen molar-refractivity contribution in [2.45, 2.75) is 12.5 Å². The Morgan fingerprint density at radius 2 is 1.81 bits per heavy atom. The number of halogens is 1. The first-order valence-electron chi connectivity index (χ1n) is 9.88. The molecule has 0 bridgehead atoms. The Bertz CT molecular complexity index is 1230. The van der Waals surface area contributed by atoms with Crippen LogP contribution in [-0.2, 0) is 14.8 Å². The van der Waals surface area contributed by atoms with Crippen molar-refractivity contribution < 1.29 is 22.7 Å². The summed E-state index contributed by atoms with van der Waals surface area (Å²) < 4.78 is 37.6. The Hall–Kier alpha value is -3.23. The number of hydrogen-bond donors (Lipinski definition) is 1. The van der Waals surface area contributed by atoms with Gasteiger partial charge in [0.1, 0.15) is 11.5 Å². The van der Waals surface area contributed by atoms with Crippen molar-refractivity contribution in [2.24, 2.45) is 0 Å². The topological polar surface area (TPSA) is 84.9 Å². The third kappa shape index (κ3) is 4.98. The Morgan fingerprint density at radius 1 is 1.09 bits per heavy atom. The van der Waals surface area contributed by atoms with E-state index in [-0.39, 0.29) is 18.7 Å². The molecule has 166 valence electrons. The van der Waals surface area contributed by atoms with E-state index in [2.05, 4.69) is 5.32 Å². The van der Waals surface area contributed by atoms with Crippen LogP contribution in [0.3, 0.4) is 0 Å². The summed E-state index contributed by atoms with van der Waals surface area (Å²) in [5.41, 5.74) is 0.786. The van der Waals surface area contributed by atoms with Crippen molar-refractivity contribution >= 4 is 38.9 Å². The van der Waals surface area contributed by atoms with E-state index in [1.54, 1.807) is 36.4 Å². The highest BCUT2D eigenvalue weighted by Crippen LogP contribution is 2.37. The third-order valence-electron chi connectivity index (χ3n) is 4.86. The van der Waals surface area contributed by atoms with Crippen LogP contribution in [0, 0.1) is 0 Å². The number of ether oxygens (including phenoxy) is 2. The molecule has 0 unspecified atom stereocenters. The summed E-state index contributed by atoms with van der Waals surface area (Å²) in [5.74, 6) is 0.969. The minimum Gasteiger partial charge on any atom is -0.478 e. The molecular weight excluding hydrogens is 452 g/mol. The minimum atomic E-state index is -3.59. The van der Waals surface area contributed by atoms with E-state index in [0.717, 1.165) is 6.26 Å². The van der Waals surface area contributed by atoms with E-state index in [4.69, 9.17) is 21.1 Å². The molecule has 32 heavy (non-hydrogen) atoms. The lowest BCUT2D eigenvalue weighted by Crippen LogP contribution is -2.36. The van der Waals surface area contributed by atoms with Crippen LogP contribution in [0.4, 0.5) is 11.4 Å². The lowest BCUT2D eigenvalue weighted by atomic mass is 10.2. The first-order chi connectivity index (χ1) is 15.3. The third-order valence-corrected chi connectivity index (χ3v) is 6.28. The number of para-hydroxylation sites is 3. The maximum atomic E-state index is 13.1. The highest BCUT2D eigenvalue weighted by molar-refractivity contribution is 7.92. The number of rotatable bonds is 5. The van der Waals surface area contributed by atoms with Crippen LogP contribution in [-0.4, -0.2) is 33.2 Å². The Morgan fingerprint density at radius 3 is 2.56 bits per heavy atom. The van der Waals surface area contributed by atoms with Gasteiger partial charge >= 0.3 is 0 Å². The van der Waals surface area contributed by atoms with Crippen LogP contribution in [0.15, 0.2) is 72.8 Å². The molecule has 0 saturated heterocycles. The number of hydrogen-bond acceptors (Lipinski definition) is 5. The fraction of sp³-hybridized carbons (Fsp3) is 0.174. The number of nitrogens with one attached hydrogen (secondary N) is 1. The molecule has 1 N–H and O–H groups in total. The van der Waals surface area contributed by atoms with Gasteiger partial charge in [-0.05, 0) is 42.5 Å². The van der Waals surface area contributed by atoms with Crippen LogP contribution >= 0.6 is 11.6 Å². The molecule has 7 nitrogen and oxygen atoms in total. The van der Waals surface area contributed by atoms with Crippen LogP contribution < -0.4 is 19.1 Å². The van der Waals surface area contributed by atoms with E-state index in [1.165, 1.54) is 10.4 Å². The lowest BCUT2D eigenvalue weighted by molar-refractivity contribution is -0.122. The van der Waals surface area contributed by atoms with Crippen molar-refractivity contribution in [3.63, 3.8) is 0 Å². The molecule has 0 spiro atoms. The van der Waals surface area contributed by atoms with Crippen molar-refractivity contribution in [2.75, 3.05) is 22.4 Å². The van der Waals surface area contributed by atoms with Crippen LogP contribution in [0.1, 0.15) is 6.42 Å². The molecule has 1 atom stereocenters. The van der Waals surface area contributed by atoms with Gasteiger partial charge in [0.05, 0.1) is 17.6 Å². The molecule has 0 aromatic heterocycles. The quantitative estimate of drug-likeness (QED) is 0.582. The molecule has 0 fully saturated rings. The normalized spacial score (nSPS) is 15.8. The maximum absolute atomic E-state index is 13.1. The van der Waals surface area contributed by atoms with Crippen LogP contribution in [0.25, 0.3) is 0 Å². The maximum Gasteiger partial charge on any atom is 0.265 e. The van der Waals surface area contributed by atoms with Crippen molar-refractivity contribution in [1.29, 1.82) is 0 Å². The molecule has 3 aromatic rings. The number of sulfonamides is 1. The summed E-state index contributed by atoms with van der Waals surface area (Å²) in [6.45, 7) is 0.0758. The molecule has 3 aromatic carbocycles. The Balaban J connectivity index is 1.57. The molecule has 0 radical (unpaired) electrons. The summed E-state index contributed by atoms with van der Waals surface area (Å²) in [5, 5.41) is 3.21. The highest BCUT2D eigenvalue weighted by Gasteiger charge is 2.31. The largest absolute Gasteiger partial charge is 0.478 e. The molecular formula is C23H21ClN2O5S. The van der Waals surface area contributed by atoms with Gasteiger partial charge in [-0.25, -0.2) is 8.42 Å². The molecule has 4 rings (SSSR count). The van der Waals surface area contributed by atoms with Gasteiger partial charge < -0.3 is 14.8 Å². The SMILES string of the molecule is CS(=O)(=O)N1CC[C@@H](C(=O)Nc2ccccc2Oc2ccccc2)Oc2ccc(Cl)cc21. The van der Waals surface area contributed by atoms with Crippen LogP contribution in [0.5, 0.6) is 17.2 Å². The fourth-order valence-electron chi connectivity index (χ4n) is 3.37. The van der Waals surface area contributed by atoms with Crippen molar-refractivity contribution in [3.05, 3.63) is 77.8 Å². The van der Waals surface area contributed by atoms with E-state index in [9.17, 15) is 13.2 Å². The molecule has 1 heterocycles. The second-order valence-electron chi connectivity index (χ2n) is 7.24. The molecule has 1 aliphatic rings. The van der Waals surface area contributed by atoms with Crippen LogP contribution in [0.2, 0.25) is 5.02 Å². The number of carbonyl (C=O) groups excluding carboxylic acids is 1. The number of amides is 1. The zero-order chi connectivity index (χ0) is 22.7. The molecule has 0 saturated carbocycles. The van der Waals surface area contributed by atoms with Gasteiger partial charge in [-0.3, -0.25) is 9.10 Å². The monoisotopic (exact) mass is 472 g/mol. The number of carbonyl (C=O) groups is 1. The summed E-state index contributed by atoms with van der Waals surface area (Å²) >= 11 is 6.07. The van der Waals surface area contributed by atoms with Crippen molar-refractivity contribution in [3.8, 4) is 17.2 Å². The summed E-state index contributed by atoms with van der Waals surface area (Å²) in [6.07, 6.45) is 0.355. The number of anilines is 2. The lowest BCUT2D eigenvalue weighted by Gasteiger charge is -2.21. The smallest absolute Gasteiger partial charge is 0.265 e. The molecule has 0 aliphatic carbocycles. The van der Waals surface area contributed by atoms with Gasteiger partial charge in [0.2, 0.25) is 10.0 Å². The van der Waals surface area contributed by atoms with Crippen molar-refractivity contribution in [1.82, 2.24) is 0 Å². The number of benzene rings is 3. The van der Waals surface area contributed by atoms with Gasteiger partial charge in [-0.15, -0.1) is 0 Å². The average molecular weight is 473 g/mol. The van der Waals surface area contributed by atoms with Gasteiger partial charge in [0.25, 0.3) is 5.91 Å². The Kier molecular flexibility index (Phi) is 6.25. The standard InChI is InChI=1S/C23H21ClN2O5S/c1-32(28,29)26-14-13-22(31-21-12-11-16(24)15-19(21)26)23(27)25-18-9-5-6-10-20(18)30-17-7-3-2-4-8-17/h2-12,15,22H,13-14H2,1H3,(H,25,27)/t22-/m0/s1. The van der Waals surface area contributed by atoms with Gasteiger partial charge in [-0.1, -0.05) is 41.9 Å². The summed E-state index contributed by atoms with van der Waals surface area (Å²) in [6, 6.07) is 20.9. The minimum absolute atomic E-state index is 0.0758. The predicted molar refractivity (Wildman–Crippen MR) is 124 cm³/mol. The number of fused-ring (bicyclic) bond motifs is 1. The van der Waals surface area contributed by atoms with E-state index < -0.39 is 22.0 Å². The Labute approximate surface area is 191 Å². The zero-order valence-corrected chi connectivity index (χ0v) is 18.8. The first kappa shape index (κ1) is 22.0. The highest BCUT2D eigenvalue weighted by atomic mass is 35.5. The van der Waals surface area contributed by atoms with E-state index in [1.807, 2.05) is 30.3 Å². The van der Waals surface area contributed by atoms with E-state index in [0.29, 0.717) is 27.9 Å². The summed E-state index contributed by atoms with van der Waals surface area (Å²) in [4.78, 5) is 13.1. The van der Waals surface area contributed by atoms with Gasteiger partial charge in [0.15, 0.2) is 11.9 Å². The van der Waals surface area contributed by atoms with Gasteiger partial charge in [0, 0.05) is 18.0 Å². The summed E-state index contributed by atoms with van der Waals surface area (Å²) in [7, 11) is -3.59. The predicted octanol–water partition coefficient (Wildman–Crippen LogP) is 4.69. The van der Waals surface area contributed by atoms with Gasteiger partial charge in [-0.2, -0.15) is 0 Å². The number of nitrogens with zero attached hydrogens (tertiary/aromatic N) is 1. The second kappa shape index (κ2) is 9.10. The first-order valence-corrected chi connectivity index (χ1v) is 12.1. The second-order valence-corrected chi connectivity index (χ2v) is 9.59. The average Bonchev–Trinajstić information content (AvgIpc) is 2.95. The molecule has 1 amide bonds. The zero-order valence-electron chi connectivity index (χ0n) is 17.2. The molecule has 1 aliphatic heterocycles. The van der Waals surface area contributed by atoms with E-state index >= 15 is 0 Å². The fourth-order valence-corrected chi connectivity index (χ4v) is 4.47.